The van der Waals surface area contributed by atoms with E-state index in [2.05, 4.69) is 4.98 Å². The van der Waals surface area contributed by atoms with Crippen molar-refractivity contribution in [2.24, 2.45) is 5.73 Å². The number of hydrogen-bond acceptors (Lipinski definition) is 2. The minimum absolute atomic E-state index is 0.323. The van der Waals surface area contributed by atoms with Crippen LogP contribution in [0.25, 0.3) is 0 Å². The molecule has 0 aliphatic heterocycles. The minimum Gasteiger partial charge on any atom is -0.324 e. The molecule has 0 spiro atoms. The van der Waals surface area contributed by atoms with Crippen LogP contribution >= 0.6 is 11.6 Å². The van der Waals surface area contributed by atoms with Gasteiger partial charge in [0.15, 0.2) is 0 Å². The largest absolute Gasteiger partial charge is 0.324 e. The first-order valence-corrected chi connectivity index (χ1v) is 4.09. The Kier molecular flexibility index (Phi) is 3.00. The number of pyridine rings is 1. The van der Waals surface area contributed by atoms with E-state index in [0.29, 0.717) is 17.0 Å². The van der Waals surface area contributed by atoms with Crippen molar-refractivity contribution in [1.29, 1.82) is 0 Å². The lowest BCUT2D eigenvalue weighted by atomic mass is 10.1. The van der Waals surface area contributed by atoms with E-state index in [1.807, 2.05) is 6.92 Å². The van der Waals surface area contributed by atoms with Crippen molar-refractivity contribution in [1.82, 2.24) is 4.98 Å². The topological polar surface area (TPSA) is 38.9 Å². The summed E-state index contributed by atoms with van der Waals surface area (Å²) in [4.78, 5) is 3.47. The first-order chi connectivity index (χ1) is 5.65. The van der Waals surface area contributed by atoms with Gasteiger partial charge in [-0.25, -0.2) is 4.98 Å². The van der Waals surface area contributed by atoms with Crippen LogP contribution in [0.1, 0.15) is 24.9 Å². The molecule has 0 radical (unpaired) electrons. The molecule has 0 saturated heterocycles. The highest BCUT2D eigenvalue weighted by Gasteiger charge is 2.10. The highest BCUT2D eigenvalue weighted by atomic mass is 35.5. The molecule has 12 heavy (non-hydrogen) atoms. The second kappa shape index (κ2) is 3.83. The van der Waals surface area contributed by atoms with Gasteiger partial charge in [0, 0.05) is 17.8 Å². The van der Waals surface area contributed by atoms with E-state index >= 15 is 0 Å². The summed E-state index contributed by atoms with van der Waals surface area (Å²) in [7, 11) is 0. The zero-order chi connectivity index (χ0) is 9.14. The van der Waals surface area contributed by atoms with E-state index in [1.54, 1.807) is 0 Å². The summed E-state index contributed by atoms with van der Waals surface area (Å²) < 4.78 is 13.0. The third kappa shape index (κ3) is 1.93. The van der Waals surface area contributed by atoms with Crippen LogP contribution in [0, 0.1) is 5.95 Å². The van der Waals surface area contributed by atoms with Crippen molar-refractivity contribution in [2.75, 3.05) is 0 Å². The fraction of sp³-hybridized carbons (Fsp3) is 0.375. The smallest absolute Gasteiger partial charge is 0.217 e. The van der Waals surface area contributed by atoms with E-state index in [0.717, 1.165) is 0 Å². The van der Waals surface area contributed by atoms with Crippen LogP contribution in [0.4, 0.5) is 4.39 Å². The van der Waals surface area contributed by atoms with Gasteiger partial charge in [0.05, 0.1) is 5.02 Å². The molecule has 1 unspecified atom stereocenters. The van der Waals surface area contributed by atoms with Crippen molar-refractivity contribution in [2.45, 2.75) is 19.4 Å². The van der Waals surface area contributed by atoms with Gasteiger partial charge in [0.1, 0.15) is 0 Å². The van der Waals surface area contributed by atoms with Gasteiger partial charge in [-0.3, -0.25) is 0 Å². The Morgan fingerprint density at radius 2 is 2.42 bits per heavy atom. The summed E-state index contributed by atoms with van der Waals surface area (Å²) in [5.41, 5.74) is 6.00. The minimum atomic E-state index is -0.534. The maximum absolute atomic E-state index is 13.0. The maximum atomic E-state index is 13.0. The number of hydrogen-bond donors (Lipinski definition) is 1. The normalized spacial score (nSPS) is 13.0. The SMILES string of the molecule is CCC(N)c1cc(Cl)cnc1F. The third-order valence-corrected chi connectivity index (χ3v) is 1.88. The monoisotopic (exact) mass is 188 g/mol. The summed E-state index contributed by atoms with van der Waals surface area (Å²) in [6.07, 6.45) is 1.93. The van der Waals surface area contributed by atoms with E-state index in [4.69, 9.17) is 17.3 Å². The molecule has 1 atom stereocenters. The van der Waals surface area contributed by atoms with Crippen LogP contribution < -0.4 is 5.73 Å². The van der Waals surface area contributed by atoms with Crippen LogP contribution in [0.15, 0.2) is 12.3 Å². The average Bonchev–Trinajstić information content (AvgIpc) is 2.08. The lowest BCUT2D eigenvalue weighted by Gasteiger charge is -2.09. The molecular weight excluding hydrogens is 179 g/mol. The molecule has 0 aliphatic carbocycles. The predicted molar refractivity (Wildman–Crippen MR) is 46.4 cm³/mol. The van der Waals surface area contributed by atoms with Crippen LogP contribution in [0.5, 0.6) is 0 Å². The molecule has 66 valence electrons. The Bertz CT molecular complexity index is 278. The molecule has 1 heterocycles. The first kappa shape index (κ1) is 9.42. The highest BCUT2D eigenvalue weighted by Crippen LogP contribution is 2.19. The lowest BCUT2D eigenvalue weighted by Crippen LogP contribution is -2.11. The van der Waals surface area contributed by atoms with Gasteiger partial charge in [-0.2, -0.15) is 4.39 Å². The van der Waals surface area contributed by atoms with Crippen molar-refractivity contribution >= 4 is 11.6 Å². The molecule has 1 aromatic heterocycles. The van der Waals surface area contributed by atoms with Crippen LogP contribution in [-0.4, -0.2) is 4.98 Å². The Balaban J connectivity index is 3.04. The molecule has 2 nitrogen and oxygen atoms in total. The Hall–Kier alpha value is -0.670. The summed E-state index contributed by atoms with van der Waals surface area (Å²) in [5.74, 6) is -0.534. The molecule has 1 aromatic rings. The summed E-state index contributed by atoms with van der Waals surface area (Å²) in [6, 6.07) is 1.19. The van der Waals surface area contributed by atoms with Gasteiger partial charge in [0.2, 0.25) is 5.95 Å². The zero-order valence-electron chi connectivity index (χ0n) is 6.72. The standard InChI is InChI=1S/C8H10ClFN2/c1-2-7(11)6-3-5(9)4-12-8(6)10/h3-4,7H,2,11H2,1H3. The maximum Gasteiger partial charge on any atom is 0.217 e. The Morgan fingerprint density at radius 3 is 3.00 bits per heavy atom. The van der Waals surface area contributed by atoms with Gasteiger partial charge in [-0.05, 0) is 12.5 Å². The highest BCUT2D eigenvalue weighted by molar-refractivity contribution is 6.30. The number of halogens is 2. The second-order valence-electron chi connectivity index (χ2n) is 2.55. The van der Waals surface area contributed by atoms with Crippen LogP contribution in [0.3, 0.4) is 0 Å². The summed E-state index contributed by atoms with van der Waals surface area (Å²) in [5, 5.41) is 0.412. The van der Waals surface area contributed by atoms with Gasteiger partial charge in [0.25, 0.3) is 0 Å². The zero-order valence-corrected chi connectivity index (χ0v) is 7.48. The lowest BCUT2D eigenvalue weighted by molar-refractivity contribution is 0.540. The van der Waals surface area contributed by atoms with E-state index < -0.39 is 5.95 Å². The van der Waals surface area contributed by atoms with Gasteiger partial charge < -0.3 is 5.73 Å². The number of nitrogens with two attached hydrogens (primary N) is 1. The van der Waals surface area contributed by atoms with Gasteiger partial charge in [-0.1, -0.05) is 18.5 Å². The predicted octanol–water partition coefficient (Wildman–Crippen LogP) is 2.28. The number of aromatic nitrogens is 1. The number of nitrogens with zero attached hydrogens (tertiary/aromatic N) is 1. The third-order valence-electron chi connectivity index (χ3n) is 1.67. The Labute approximate surface area is 75.6 Å². The van der Waals surface area contributed by atoms with Crippen molar-refractivity contribution in [3.63, 3.8) is 0 Å². The van der Waals surface area contributed by atoms with Gasteiger partial charge in [-0.15, -0.1) is 0 Å². The molecule has 4 heteroatoms. The quantitative estimate of drug-likeness (QED) is 0.724. The summed E-state index contributed by atoms with van der Waals surface area (Å²) in [6.45, 7) is 1.88. The number of rotatable bonds is 2. The van der Waals surface area contributed by atoms with Crippen molar-refractivity contribution < 1.29 is 4.39 Å². The molecule has 0 fully saturated rings. The fourth-order valence-corrected chi connectivity index (χ4v) is 1.08. The molecule has 0 aliphatic rings. The first-order valence-electron chi connectivity index (χ1n) is 3.71. The molecular formula is C8H10ClFN2. The second-order valence-corrected chi connectivity index (χ2v) is 2.98. The van der Waals surface area contributed by atoms with Crippen LogP contribution in [-0.2, 0) is 0 Å². The molecule has 0 saturated carbocycles. The summed E-state index contributed by atoms with van der Waals surface area (Å²) >= 11 is 5.63. The van der Waals surface area contributed by atoms with E-state index in [-0.39, 0.29) is 6.04 Å². The van der Waals surface area contributed by atoms with Gasteiger partial charge >= 0.3 is 0 Å². The average molecular weight is 189 g/mol. The molecule has 0 bridgehead atoms. The molecule has 2 N–H and O–H groups in total. The molecule has 0 amide bonds. The van der Waals surface area contributed by atoms with Crippen molar-refractivity contribution in [3.05, 3.63) is 28.8 Å². The van der Waals surface area contributed by atoms with E-state index in [1.165, 1.54) is 12.3 Å². The molecule has 0 aromatic carbocycles. The van der Waals surface area contributed by atoms with Crippen LogP contribution in [0.2, 0.25) is 5.02 Å². The molecule has 1 rings (SSSR count). The Morgan fingerprint density at radius 1 is 1.75 bits per heavy atom. The fourth-order valence-electron chi connectivity index (χ4n) is 0.918. The van der Waals surface area contributed by atoms with Crippen molar-refractivity contribution in [3.8, 4) is 0 Å². The van der Waals surface area contributed by atoms with E-state index in [9.17, 15) is 4.39 Å².